The molecule has 10 nitrogen and oxygen atoms in total. The molecule has 214 valence electrons. The van der Waals surface area contributed by atoms with E-state index >= 15 is 0 Å². The zero-order chi connectivity index (χ0) is 28.6. The van der Waals surface area contributed by atoms with Crippen molar-refractivity contribution in [1.29, 1.82) is 0 Å². The van der Waals surface area contributed by atoms with Gasteiger partial charge in [0, 0.05) is 11.1 Å². The normalized spacial score (nSPS) is 26.4. The maximum atomic E-state index is 13.9. The van der Waals surface area contributed by atoms with Crippen LogP contribution >= 0.6 is 0 Å². The van der Waals surface area contributed by atoms with Crippen molar-refractivity contribution in [2.45, 2.75) is 48.6 Å². The first kappa shape index (κ1) is 27.6. The summed E-state index contributed by atoms with van der Waals surface area (Å²) >= 11 is 0. The first-order valence-corrected chi connectivity index (χ1v) is 14.5. The molecule has 1 aromatic heterocycles. The summed E-state index contributed by atoms with van der Waals surface area (Å²) in [5.41, 5.74) is 2.59. The number of ether oxygens (including phenoxy) is 3. The van der Waals surface area contributed by atoms with Gasteiger partial charge in [0.05, 0.1) is 24.3 Å². The van der Waals surface area contributed by atoms with Crippen LogP contribution in [0.4, 0.5) is 4.39 Å². The van der Waals surface area contributed by atoms with Crippen LogP contribution in [0.15, 0.2) is 90.0 Å². The third-order valence-electron chi connectivity index (χ3n) is 7.18. The maximum Gasteiger partial charge on any atom is 0.297 e. The Morgan fingerprint density at radius 2 is 1.83 bits per heavy atom. The molecule has 41 heavy (non-hydrogen) atoms. The van der Waals surface area contributed by atoms with Crippen molar-refractivity contribution in [3.8, 4) is 11.3 Å². The van der Waals surface area contributed by atoms with Crippen molar-refractivity contribution in [3.63, 3.8) is 0 Å². The Morgan fingerprint density at radius 3 is 2.59 bits per heavy atom. The number of fused-ring (bicyclic) bond motifs is 1. The molecule has 0 aliphatic carbocycles. The van der Waals surface area contributed by atoms with Gasteiger partial charge in [0.1, 0.15) is 42.0 Å². The topological polar surface area (TPSA) is 122 Å². The zero-order valence-corrected chi connectivity index (χ0v) is 22.8. The molecule has 0 saturated carbocycles. The minimum Gasteiger partial charge on any atom is -0.388 e. The maximum absolute atomic E-state index is 13.9. The summed E-state index contributed by atoms with van der Waals surface area (Å²) in [5, 5.41) is 20.0. The molecule has 4 aromatic rings. The summed E-state index contributed by atoms with van der Waals surface area (Å²) in [6.45, 7) is 1.51. The van der Waals surface area contributed by atoms with Crippen molar-refractivity contribution in [3.05, 3.63) is 102 Å². The number of hydrogen-bond donors (Lipinski definition) is 1. The summed E-state index contributed by atoms with van der Waals surface area (Å²) in [7, 11) is -4.12. The molecular formula is C29H28FN3O7S. The summed E-state index contributed by atoms with van der Waals surface area (Å²) in [5.74, 6) is -0.423. The molecule has 12 heteroatoms. The quantitative estimate of drug-likeness (QED) is 0.326. The van der Waals surface area contributed by atoms with Gasteiger partial charge in [-0.25, -0.2) is 9.07 Å². The van der Waals surface area contributed by atoms with Gasteiger partial charge in [0.2, 0.25) is 0 Å². The monoisotopic (exact) mass is 581 g/mol. The van der Waals surface area contributed by atoms with E-state index in [1.165, 1.54) is 28.9 Å². The Balaban J connectivity index is 1.28. The van der Waals surface area contributed by atoms with Crippen LogP contribution in [0.1, 0.15) is 23.5 Å². The highest BCUT2D eigenvalue weighted by atomic mass is 32.2. The van der Waals surface area contributed by atoms with E-state index in [1.54, 1.807) is 30.5 Å². The third kappa shape index (κ3) is 5.80. The van der Waals surface area contributed by atoms with E-state index in [2.05, 4.69) is 10.3 Å². The third-order valence-corrected chi connectivity index (χ3v) is 8.48. The van der Waals surface area contributed by atoms with Crippen LogP contribution in [-0.2, 0) is 28.5 Å². The molecule has 2 aliphatic rings. The van der Waals surface area contributed by atoms with E-state index in [0.717, 1.165) is 11.1 Å². The van der Waals surface area contributed by atoms with Gasteiger partial charge in [-0.2, -0.15) is 8.42 Å². The number of aryl methyl sites for hydroxylation is 1. The van der Waals surface area contributed by atoms with Crippen molar-refractivity contribution in [1.82, 2.24) is 15.0 Å². The summed E-state index contributed by atoms with van der Waals surface area (Å²) in [6.07, 6.45) is -2.93. The number of benzene rings is 3. The molecule has 6 rings (SSSR count). The molecule has 2 aliphatic heterocycles. The largest absolute Gasteiger partial charge is 0.388 e. The van der Waals surface area contributed by atoms with E-state index in [9.17, 15) is 17.9 Å². The fourth-order valence-corrected chi connectivity index (χ4v) is 5.96. The molecule has 3 heterocycles. The highest BCUT2D eigenvalue weighted by Crippen LogP contribution is 2.39. The lowest BCUT2D eigenvalue weighted by atomic mass is 9.92. The van der Waals surface area contributed by atoms with E-state index in [-0.39, 0.29) is 11.5 Å². The molecule has 0 spiro atoms. The predicted octanol–water partition coefficient (Wildman–Crippen LogP) is 3.58. The van der Waals surface area contributed by atoms with Crippen LogP contribution in [0.3, 0.4) is 0 Å². The fourth-order valence-electron chi connectivity index (χ4n) is 5.05. The number of nitrogens with zero attached hydrogens (tertiary/aromatic N) is 3. The van der Waals surface area contributed by atoms with Crippen LogP contribution in [0.5, 0.6) is 0 Å². The summed E-state index contributed by atoms with van der Waals surface area (Å²) in [6, 6.07) is 20.7. The van der Waals surface area contributed by atoms with Gasteiger partial charge < -0.3 is 19.3 Å². The number of halogens is 1. The van der Waals surface area contributed by atoms with Gasteiger partial charge >= 0.3 is 0 Å². The molecule has 1 N–H and O–H groups in total. The first-order chi connectivity index (χ1) is 19.8. The van der Waals surface area contributed by atoms with Gasteiger partial charge in [-0.1, -0.05) is 65.4 Å². The number of aliphatic hydroxyl groups excluding tert-OH is 1. The second-order valence-electron chi connectivity index (χ2n) is 10.0. The van der Waals surface area contributed by atoms with Gasteiger partial charge in [-0.3, -0.25) is 4.18 Å². The predicted molar refractivity (Wildman–Crippen MR) is 143 cm³/mol. The van der Waals surface area contributed by atoms with Crippen LogP contribution in [0, 0.1) is 12.7 Å². The highest BCUT2D eigenvalue weighted by molar-refractivity contribution is 7.86. The lowest BCUT2D eigenvalue weighted by molar-refractivity contribution is -0.318. The average molecular weight is 582 g/mol. The Labute approximate surface area is 236 Å². The Hall–Kier alpha value is -3.52. The molecule has 0 amide bonds. The van der Waals surface area contributed by atoms with E-state index in [1.807, 2.05) is 37.3 Å². The molecule has 0 bridgehead atoms. The number of rotatable bonds is 7. The molecule has 2 saturated heterocycles. The zero-order valence-electron chi connectivity index (χ0n) is 22.0. The van der Waals surface area contributed by atoms with Crippen molar-refractivity contribution in [2.24, 2.45) is 0 Å². The SMILES string of the molecule is Cc1ccc(S(=O)(=O)OC[C@@H]2O[C@@H]3COC(c4ccccc4)O[C@@H]3[C@H](n3cc(-c4cccc(F)c4)nn3)[C@H]2O)cc1. The minimum absolute atomic E-state index is 0.00567. The number of hydrogen-bond acceptors (Lipinski definition) is 9. The number of aromatic nitrogens is 3. The second-order valence-corrected chi connectivity index (χ2v) is 11.6. The van der Waals surface area contributed by atoms with Gasteiger partial charge in [0.25, 0.3) is 10.1 Å². The van der Waals surface area contributed by atoms with Crippen LogP contribution in [0.2, 0.25) is 0 Å². The molecule has 2 fully saturated rings. The van der Waals surface area contributed by atoms with Gasteiger partial charge in [0.15, 0.2) is 6.29 Å². The average Bonchev–Trinajstić information content (AvgIpc) is 3.46. The Morgan fingerprint density at radius 1 is 1.05 bits per heavy atom. The Kier molecular flexibility index (Phi) is 7.68. The smallest absolute Gasteiger partial charge is 0.297 e. The van der Waals surface area contributed by atoms with E-state index in [0.29, 0.717) is 11.3 Å². The van der Waals surface area contributed by atoms with Crippen molar-refractivity contribution >= 4 is 10.1 Å². The van der Waals surface area contributed by atoms with Crippen LogP contribution < -0.4 is 0 Å². The first-order valence-electron chi connectivity index (χ1n) is 13.1. The standard InChI is InChI=1S/C29H28FN3O7S/c1-18-10-12-22(13-11-18)41(35,36)38-17-24-27(34)26(33-15-23(31-32-33)20-8-5-9-21(30)14-20)28-25(39-24)16-37-29(40-28)19-6-3-2-4-7-19/h2-15,24-29,34H,16-17H2,1H3/t24-,25+,26+,27-,28-,29?/m0/s1. The molecular weight excluding hydrogens is 553 g/mol. The van der Waals surface area contributed by atoms with Crippen LogP contribution in [0.25, 0.3) is 11.3 Å². The van der Waals surface area contributed by atoms with Crippen molar-refractivity contribution in [2.75, 3.05) is 13.2 Å². The highest BCUT2D eigenvalue weighted by Gasteiger charge is 2.51. The Bertz CT molecular complexity index is 1600. The lowest BCUT2D eigenvalue weighted by Crippen LogP contribution is -2.60. The van der Waals surface area contributed by atoms with E-state index < -0.39 is 59.3 Å². The minimum atomic E-state index is -4.12. The molecule has 3 aromatic carbocycles. The summed E-state index contributed by atoms with van der Waals surface area (Å²) in [4.78, 5) is -0.00567. The van der Waals surface area contributed by atoms with Crippen molar-refractivity contribution < 1.29 is 36.3 Å². The van der Waals surface area contributed by atoms with Gasteiger partial charge in [-0.15, -0.1) is 5.10 Å². The van der Waals surface area contributed by atoms with E-state index in [4.69, 9.17) is 18.4 Å². The fraction of sp³-hybridized carbons (Fsp3) is 0.310. The summed E-state index contributed by atoms with van der Waals surface area (Å²) < 4.78 is 64.7. The lowest BCUT2D eigenvalue weighted by Gasteiger charge is -2.48. The molecule has 1 unspecified atom stereocenters. The molecule has 0 radical (unpaired) electrons. The van der Waals surface area contributed by atoms with Gasteiger partial charge in [-0.05, 0) is 31.2 Å². The second kappa shape index (κ2) is 11.4. The number of aliphatic hydroxyl groups is 1. The molecule has 6 atom stereocenters. The van der Waals surface area contributed by atoms with Crippen LogP contribution in [-0.4, -0.2) is 66.1 Å².